The molecular weight excluding hydrogens is 198 g/mol. The van der Waals surface area contributed by atoms with Crippen LogP contribution in [-0.2, 0) is 4.74 Å². The summed E-state index contributed by atoms with van der Waals surface area (Å²) < 4.78 is 11.1. The van der Waals surface area contributed by atoms with E-state index in [0.717, 1.165) is 0 Å². The number of carbonyl (C=O) groups excluding carboxylic acids is 1. The molecule has 0 amide bonds. The Morgan fingerprint density at radius 3 is 2.53 bits per heavy atom. The maximum absolute atomic E-state index is 11.6. The number of hydrogen-bond acceptors (Lipinski definition) is 4. The SMILES string of the molecule is CCOC(=O)c1on(C(C)C)c(=O)c1C. The van der Waals surface area contributed by atoms with Crippen molar-refractivity contribution in [1.29, 1.82) is 0 Å². The molecule has 0 N–H and O–H groups in total. The number of ether oxygens (including phenoxy) is 1. The van der Waals surface area contributed by atoms with Gasteiger partial charge in [0.1, 0.15) is 0 Å². The van der Waals surface area contributed by atoms with Crippen LogP contribution in [0.4, 0.5) is 0 Å². The first-order chi connectivity index (χ1) is 6.99. The van der Waals surface area contributed by atoms with Gasteiger partial charge in [0.2, 0.25) is 5.76 Å². The van der Waals surface area contributed by atoms with Crippen LogP contribution in [0, 0.1) is 6.92 Å². The zero-order valence-electron chi connectivity index (χ0n) is 9.36. The fraction of sp³-hybridized carbons (Fsp3) is 0.600. The lowest BCUT2D eigenvalue weighted by Crippen LogP contribution is -2.17. The van der Waals surface area contributed by atoms with Gasteiger partial charge in [0.15, 0.2) is 0 Å². The summed E-state index contributed by atoms with van der Waals surface area (Å²) in [5.74, 6) is -0.595. The Morgan fingerprint density at radius 1 is 1.53 bits per heavy atom. The molecule has 0 radical (unpaired) electrons. The molecule has 0 spiro atoms. The molecule has 1 heterocycles. The Labute approximate surface area is 87.6 Å². The first-order valence-corrected chi connectivity index (χ1v) is 4.88. The van der Waals surface area contributed by atoms with Crippen LogP contribution in [0.25, 0.3) is 0 Å². The highest BCUT2D eigenvalue weighted by Gasteiger charge is 2.21. The van der Waals surface area contributed by atoms with Crippen molar-refractivity contribution < 1.29 is 14.1 Å². The maximum Gasteiger partial charge on any atom is 0.377 e. The quantitative estimate of drug-likeness (QED) is 0.714. The lowest BCUT2D eigenvalue weighted by Gasteiger charge is -2.02. The van der Waals surface area contributed by atoms with Crippen molar-refractivity contribution in [2.75, 3.05) is 6.61 Å². The van der Waals surface area contributed by atoms with Crippen molar-refractivity contribution in [2.24, 2.45) is 0 Å². The highest BCUT2D eigenvalue weighted by Crippen LogP contribution is 2.10. The van der Waals surface area contributed by atoms with Crippen molar-refractivity contribution in [2.45, 2.75) is 33.7 Å². The van der Waals surface area contributed by atoms with Gasteiger partial charge in [-0.3, -0.25) is 4.79 Å². The minimum atomic E-state index is -0.591. The molecule has 15 heavy (non-hydrogen) atoms. The minimum absolute atomic E-state index is 0.00412. The van der Waals surface area contributed by atoms with E-state index in [1.165, 1.54) is 4.74 Å². The number of hydrogen-bond donors (Lipinski definition) is 0. The van der Waals surface area contributed by atoms with Crippen molar-refractivity contribution in [3.8, 4) is 0 Å². The zero-order chi connectivity index (χ0) is 11.6. The van der Waals surface area contributed by atoms with E-state index >= 15 is 0 Å². The molecule has 0 fully saturated rings. The summed E-state index contributed by atoms with van der Waals surface area (Å²) >= 11 is 0. The molecule has 0 aliphatic heterocycles. The highest BCUT2D eigenvalue weighted by atomic mass is 16.6. The van der Waals surface area contributed by atoms with Gasteiger partial charge in [-0.1, -0.05) is 0 Å². The first-order valence-electron chi connectivity index (χ1n) is 4.88. The van der Waals surface area contributed by atoms with Gasteiger partial charge in [0.25, 0.3) is 5.56 Å². The van der Waals surface area contributed by atoms with Crippen molar-refractivity contribution in [3.63, 3.8) is 0 Å². The van der Waals surface area contributed by atoms with E-state index in [0.29, 0.717) is 5.56 Å². The van der Waals surface area contributed by atoms with E-state index in [1.54, 1.807) is 27.7 Å². The lowest BCUT2D eigenvalue weighted by atomic mass is 10.3. The van der Waals surface area contributed by atoms with E-state index in [1.807, 2.05) is 0 Å². The zero-order valence-corrected chi connectivity index (χ0v) is 9.36. The summed E-state index contributed by atoms with van der Waals surface area (Å²) in [4.78, 5) is 23.0. The van der Waals surface area contributed by atoms with Crippen molar-refractivity contribution >= 4 is 5.97 Å². The van der Waals surface area contributed by atoms with Crippen LogP contribution in [-0.4, -0.2) is 17.3 Å². The molecule has 1 aromatic rings. The van der Waals surface area contributed by atoms with E-state index < -0.39 is 5.97 Å². The van der Waals surface area contributed by atoms with Crippen LogP contribution < -0.4 is 5.56 Å². The average molecular weight is 213 g/mol. The summed E-state index contributed by atoms with van der Waals surface area (Å²) in [6.45, 7) is 7.12. The molecule has 1 aromatic heterocycles. The summed E-state index contributed by atoms with van der Waals surface area (Å²) in [6.07, 6.45) is 0. The predicted molar refractivity (Wildman–Crippen MR) is 54.0 cm³/mol. The van der Waals surface area contributed by atoms with Crippen LogP contribution in [0.5, 0.6) is 0 Å². The highest BCUT2D eigenvalue weighted by molar-refractivity contribution is 5.87. The maximum atomic E-state index is 11.6. The molecule has 0 bridgehead atoms. The summed E-state index contributed by atoms with van der Waals surface area (Å²) in [6, 6.07) is -0.112. The monoisotopic (exact) mass is 213 g/mol. The molecule has 0 saturated heterocycles. The molecule has 5 nitrogen and oxygen atoms in total. The fourth-order valence-corrected chi connectivity index (χ4v) is 1.20. The summed E-state index contributed by atoms with van der Waals surface area (Å²) in [5.41, 5.74) is 0.00945. The van der Waals surface area contributed by atoms with E-state index in [-0.39, 0.29) is 24.0 Å². The fourth-order valence-electron chi connectivity index (χ4n) is 1.20. The molecule has 84 valence electrons. The Kier molecular flexibility index (Phi) is 3.34. The standard InChI is InChI=1S/C10H15NO4/c1-5-14-10(13)8-7(4)9(12)11(15-8)6(2)3/h6H,5H2,1-4H3. The van der Waals surface area contributed by atoms with Crippen LogP contribution in [0.2, 0.25) is 0 Å². The van der Waals surface area contributed by atoms with Gasteiger partial charge in [-0.25, -0.2) is 4.79 Å². The van der Waals surface area contributed by atoms with Gasteiger partial charge in [-0.2, -0.15) is 4.74 Å². The van der Waals surface area contributed by atoms with E-state index in [2.05, 4.69) is 0 Å². The van der Waals surface area contributed by atoms with Crippen LogP contribution >= 0.6 is 0 Å². The molecule has 0 aliphatic carbocycles. The first kappa shape index (κ1) is 11.6. The van der Waals surface area contributed by atoms with Gasteiger partial charge >= 0.3 is 5.97 Å². The molecule has 0 atom stereocenters. The van der Waals surface area contributed by atoms with E-state index in [4.69, 9.17) is 9.26 Å². The van der Waals surface area contributed by atoms with Gasteiger partial charge in [0, 0.05) is 0 Å². The third kappa shape index (κ3) is 2.11. The van der Waals surface area contributed by atoms with Gasteiger partial charge in [-0.15, -0.1) is 0 Å². The summed E-state index contributed by atoms with van der Waals surface area (Å²) in [5, 5.41) is 0. The average Bonchev–Trinajstić information content (AvgIpc) is 2.45. The van der Waals surface area contributed by atoms with Crippen molar-refractivity contribution in [1.82, 2.24) is 4.74 Å². The third-order valence-corrected chi connectivity index (χ3v) is 1.98. The second-order valence-electron chi connectivity index (χ2n) is 3.49. The Morgan fingerprint density at radius 2 is 2.13 bits per heavy atom. The summed E-state index contributed by atoms with van der Waals surface area (Å²) in [7, 11) is 0. The second kappa shape index (κ2) is 4.33. The van der Waals surface area contributed by atoms with Crippen LogP contribution in [0.15, 0.2) is 9.32 Å². The number of aromatic nitrogens is 1. The van der Waals surface area contributed by atoms with Gasteiger partial charge < -0.3 is 9.26 Å². The molecule has 1 rings (SSSR count). The van der Waals surface area contributed by atoms with Crippen LogP contribution in [0.3, 0.4) is 0 Å². The molecule has 0 aromatic carbocycles. The molecule has 0 saturated carbocycles. The number of carbonyl (C=O) groups is 1. The van der Waals surface area contributed by atoms with Crippen molar-refractivity contribution in [3.05, 3.63) is 21.7 Å². The Balaban J connectivity index is 3.16. The molecule has 0 aliphatic rings. The largest absolute Gasteiger partial charge is 0.460 e. The van der Waals surface area contributed by atoms with Gasteiger partial charge in [-0.05, 0) is 27.7 Å². The number of esters is 1. The third-order valence-electron chi connectivity index (χ3n) is 1.98. The number of rotatable bonds is 3. The smallest absolute Gasteiger partial charge is 0.377 e. The topological polar surface area (TPSA) is 61.4 Å². The second-order valence-corrected chi connectivity index (χ2v) is 3.49. The van der Waals surface area contributed by atoms with Crippen LogP contribution in [0.1, 0.15) is 42.9 Å². The predicted octanol–water partition coefficient (Wildman–Crippen LogP) is 1.51. The Hall–Kier alpha value is -1.52. The lowest BCUT2D eigenvalue weighted by molar-refractivity contribution is 0.0456. The number of nitrogens with zero attached hydrogens (tertiary/aromatic N) is 1. The molecular formula is C10H15NO4. The molecule has 5 heteroatoms. The Bertz CT molecular complexity index is 414. The normalized spacial score (nSPS) is 10.7. The van der Waals surface area contributed by atoms with E-state index in [9.17, 15) is 9.59 Å². The van der Waals surface area contributed by atoms with Gasteiger partial charge in [0.05, 0.1) is 18.2 Å². The molecule has 0 unspecified atom stereocenters. The minimum Gasteiger partial charge on any atom is -0.460 e.